The molecule has 4 rings (SSSR count). The van der Waals surface area contributed by atoms with Crippen molar-refractivity contribution in [1.82, 2.24) is 5.32 Å². The van der Waals surface area contributed by atoms with Gasteiger partial charge in [-0.15, -0.1) is 0 Å². The van der Waals surface area contributed by atoms with Crippen molar-refractivity contribution in [2.45, 2.75) is 43.5 Å². The molecule has 2 fully saturated rings. The lowest BCUT2D eigenvalue weighted by Crippen LogP contribution is -2.38. The molecule has 0 heterocycles. The van der Waals surface area contributed by atoms with Gasteiger partial charge < -0.3 is 10.1 Å². The number of carbonyl (C=O) groups excluding carboxylic acids is 1. The zero-order valence-corrected chi connectivity index (χ0v) is 18.4. The molecule has 2 bridgehead atoms. The van der Waals surface area contributed by atoms with Crippen LogP contribution >= 0.6 is 0 Å². The number of carbonyl (C=O) groups is 1. The lowest BCUT2D eigenvalue weighted by atomic mass is 9.95. The minimum absolute atomic E-state index is 0.135. The summed E-state index contributed by atoms with van der Waals surface area (Å²) in [4.78, 5) is 13.0. The lowest BCUT2D eigenvalue weighted by Gasteiger charge is -2.24. The summed E-state index contributed by atoms with van der Waals surface area (Å²) in [5, 5.41) is 3.17. The van der Waals surface area contributed by atoms with E-state index < -0.39 is 10.0 Å². The second-order valence-corrected chi connectivity index (χ2v) is 10.4. The van der Waals surface area contributed by atoms with E-state index in [4.69, 9.17) is 4.74 Å². The number of rotatable bonds is 6. The third-order valence-electron chi connectivity index (χ3n) is 6.58. The molecule has 30 heavy (non-hydrogen) atoms. The molecule has 2 aromatic carbocycles. The van der Waals surface area contributed by atoms with Crippen LogP contribution in [0.15, 0.2) is 47.4 Å². The first-order chi connectivity index (χ1) is 14.3. The molecule has 1 N–H and O–H groups in total. The van der Waals surface area contributed by atoms with Gasteiger partial charge in [0.2, 0.25) is 0 Å². The number of anilines is 1. The normalized spacial score (nSPS) is 22.7. The lowest BCUT2D eigenvalue weighted by molar-refractivity contribution is 0.0923. The average Bonchev–Trinajstić information content (AvgIpc) is 3.36. The van der Waals surface area contributed by atoms with Crippen LogP contribution in [0.25, 0.3) is 0 Å². The highest BCUT2D eigenvalue weighted by atomic mass is 32.2. The van der Waals surface area contributed by atoms with Crippen molar-refractivity contribution in [3.05, 3.63) is 53.6 Å². The highest BCUT2D eigenvalue weighted by molar-refractivity contribution is 7.92. The Morgan fingerprint density at radius 1 is 1.10 bits per heavy atom. The standard InChI is InChI=1S/C23H28N2O4S/c1-15-4-6-18(23(26)24-21-13-16-5-7-17(21)12-16)14-22(15)25(2)30(27,28)20-10-8-19(29-3)9-11-20/h4,6,8-11,14,16-17,21H,5,7,12-13H2,1-3H3,(H,24,26)/t16-,17-,21-/m1/s1. The summed E-state index contributed by atoms with van der Waals surface area (Å²) in [6, 6.07) is 11.7. The van der Waals surface area contributed by atoms with Gasteiger partial charge in [-0.3, -0.25) is 9.10 Å². The maximum Gasteiger partial charge on any atom is 0.264 e. The van der Waals surface area contributed by atoms with E-state index in [9.17, 15) is 13.2 Å². The number of sulfonamides is 1. The van der Waals surface area contributed by atoms with E-state index >= 15 is 0 Å². The Morgan fingerprint density at radius 3 is 2.43 bits per heavy atom. The molecule has 0 radical (unpaired) electrons. The van der Waals surface area contributed by atoms with Crippen LogP contribution in [0.2, 0.25) is 0 Å². The first-order valence-electron chi connectivity index (χ1n) is 10.3. The van der Waals surface area contributed by atoms with Gasteiger partial charge in [-0.05, 0) is 80.0 Å². The quantitative estimate of drug-likeness (QED) is 0.760. The zero-order valence-electron chi connectivity index (χ0n) is 17.6. The van der Waals surface area contributed by atoms with Gasteiger partial charge in [0.25, 0.3) is 15.9 Å². The first-order valence-corrected chi connectivity index (χ1v) is 11.8. The van der Waals surface area contributed by atoms with Crippen molar-refractivity contribution in [1.29, 1.82) is 0 Å². The number of nitrogens with zero attached hydrogens (tertiary/aromatic N) is 1. The van der Waals surface area contributed by atoms with Crippen molar-refractivity contribution < 1.29 is 17.9 Å². The minimum Gasteiger partial charge on any atom is -0.497 e. The number of amides is 1. The van der Waals surface area contributed by atoms with E-state index in [0.717, 1.165) is 17.9 Å². The highest BCUT2D eigenvalue weighted by Crippen LogP contribution is 2.44. The van der Waals surface area contributed by atoms with E-state index in [1.165, 1.54) is 49.9 Å². The van der Waals surface area contributed by atoms with Crippen molar-refractivity contribution in [3.63, 3.8) is 0 Å². The van der Waals surface area contributed by atoms with E-state index in [1.54, 1.807) is 30.3 Å². The molecule has 6 nitrogen and oxygen atoms in total. The summed E-state index contributed by atoms with van der Waals surface area (Å²) in [5.41, 5.74) is 1.76. The van der Waals surface area contributed by atoms with Crippen LogP contribution in [0.5, 0.6) is 5.75 Å². The molecule has 7 heteroatoms. The average molecular weight is 429 g/mol. The molecule has 1 amide bonds. The number of methoxy groups -OCH3 is 1. The Balaban J connectivity index is 1.56. The zero-order chi connectivity index (χ0) is 21.5. The van der Waals surface area contributed by atoms with Crippen LogP contribution < -0.4 is 14.4 Å². The number of fused-ring (bicyclic) bond motifs is 2. The second-order valence-electron chi connectivity index (χ2n) is 8.40. The topological polar surface area (TPSA) is 75.7 Å². The predicted molar refractivity (Wildman–Crippen MR) is 116 cm³/mol. The van der Waals surface area contributed by atoms with Crippen LogP contribution in [0, 0.1) is 18.8 Å². The number of hydrogen-bond donors (Lipinski definition) is 1. The summed E-state index contributed by atoms with van der Waals surface area (Å²) < 4.78 is 32.6. The molecule has 2 saturated carbocycles. The number of ether oxygens (including phenoxy) is 1. The number of nitrogens with one attached hydrogen (secondary N) is 1. The van der Waals surface area contributed by atoms with Crippen molar-refractivity contribution >= 4 is 21.6 Å². The molecule has 0 aliphatic heterocycles. The molecule has 3 atom stereocenters. The van der Waals surface area contributed by atoms with Crippen LogP contribution in [-0.2, 0) is 10.0 Å². The summed E-state index contributed by atoms with van der Waals surface area (Å²) in [5.74, 6) is 1.78. The first kappa shape index (κ1) is 20.7. The molecule has 2 aliphatic rings. The molecule has 0 aromatic heterocycles. The van der Waals surface area contributed by atoms with E-state index in [0.29, 0.717) is 22.9 Å². The molecule has 0 spiro atoms. The number of benzene rings is 2. The Hall–Kier alpha value is -2.54. The van der Waals surface area contributed by atoms with Crippen LogP contribution in [-0.4, -0.2) is 34.5 Å². The van der Waals surface area contributed by atoms with Crippen molar-refractivity contribution in [3.8, 4) is 5.75 Å². The van der Waals surface area contributed by atoms with Crippen molar-refractivity contribution in [2.75, 3.05) is 18.5 Å². The smallest absolute Gasteiger partial charge is 0.264 e. The maximum atomic E-state index is 13.1. The SMILES string of the molecule is COc1ccc(S(=O)(=O)N(C)c2cc(C(=O)N[C@@H]3C[C@@H]4CC[C@@H]3C4)ccc2C)cc1. The molecule has 2 aromatic rings. The van der Waals surface area contributed by atoms with Gasteiger partial charge in [0.15, 0.2) is 0 Å². The molecule has 0 unspecified atom stereocenters. The van der Waals surface area contributed by atoms with Gasteiger partial charge in [-0.1, -0.05) is 12.5 Å². The summed E-state index contributed by atoms with van der Waals surface area (Å²) in [7, 11) is -0.718. The van der Waals surface area contributed by atoms with Crippen LogP contribution in [0.3, 0.4) is 0 Å². The van der Waals surface area contributed by atoms with Gasteiger partial charge in [0.1, 0.15) is 5.75 Å². The molecule has 2 aliphatic carbocycles. The largest absolute Gasteiger partial charge is 0.497 e. The summed E-state index contributed by atoms with van der Waals surface area (Å²) >= 11 is 0. The van der Waals surface area contributed by atoms with Crippen molar-refractivity contribution in [2.24, 2.45) is 11.8 Å². The maximum absolute atomic E-state index is 13.1. The minimum atomic E-state index is -3.77. The third kappa shape index (κ3) is 3.78. The van der Waals surface area contributed by atoms with E-state index in [1.807, 2.05) is 6.92 Å². The Bertz CT molecular complexity index is 1050. The highest BCUT2D eigenvalue weighted by Gasteiger charge is 2.40. The predicted octanol–water partition coefficient (Wildman–Crippen LogP) is 3.75. The van der Waals surface area contributed by atoms with E-state index in [-0.39, 0.29) is 16.8 Å². The van der Waals surface area contributed by atoms with Gasteiger partial charge in [-0.2, -0.15) is 0 Å². The summed E-state index contributed by atoms with van der Waals surface area (Å²) in [6.45, 7) is 1.84. The number of hydrogen-bond acceptors (Lipinski definition) is 4. The van der Waals surface area contributed by atoms with Crippen LogP contribution in [0.4, 0.5) is 5.69 Å². The van der Waals surface area contributed by atoms with Gasteiger partial charge in [0.05, 0.1) is 17.7 Å². The van der Waals surface area contributed by atoms with Gasteiger partial charge >= 0.3 is 0 Å². The van der Waals surface area contributed by atoms with Gasteiger partial charge in [0, 0.05) is 18.7 Å². The number of aryl methyl sites for hydroxylation is 1. The Labute approximate surface area is 178 Å². The van der Waals surface area contributed by atoms with Gasteiger partial charge in [-0.25, -0.2) is 8.42 Å². The van der Waals surface area contributed by atoms with Crippen LogP contribution in [0.1, 0.15) is 41.6 Å². The van der Waals surface area contributed by atoms with E-state index in [2.05, 4.69) is 5.32 Å². The third-order valence-corrected chi connectivity index (χ3v) is 8.37. The fourth-order valence-corrected chi connectivity index (χ4v) is 6.05. The molecular weight excluding hydrogens is 400 g/mol. The monoisotopic (exact) mass is 428 g/mol. The summed E-state index contributed by atoms with van der Waals surface area (Å²) in [6.07, 6.45) is 4.74. The second kappa shape index (κ2) is 7.95. The fraction of sp³-hybridized carbons (Fsp3) is 0.435. The molecule has 0 saturated heterocycles. The Kier molecular flexibility index (Phi) is 5.49. The Morgan fingerprint density at radius 2 is 1.83 bits per heavy atom. The molecule has 160 valence electrons. The molecular formula is C23H28N2O4S. The fourth-order valence-electron chi connectivity index (χ4n) is 4.80.